The molecular weight excluding hydrogens is 686 g/mol. The molecule has 2 aliphatic heterocycles. The molecule has 0 bridgehead atoms. The van der Waals surface area contributed by atoms with E-state index in [2.05, 4.69) is 11.6 Å². The van der Waals surface area contributed by atoms with Gasteiger partial charge in [0.25, 0.3) is 10.0 Å². The summed E-state index contributed by atoms with van der Waals surface area (Å²) in [6.45, 7) is 4.37. The highest BCUT2D eigenvalue weighted by molar-refractivity contribution is 7.92. The van der Waals surface area contributed by atoms with Crippen molar-refractivity contribution in [3.05, 3.63) is 111 Å². The number of esters is 2. The van der Waals surface area contributed by atoms with Crippen LogP contribution in [-0.4, -0.2) is 27.0 Å². The number of unbranched alkanes of at least 4 members (excludes halogenated alkanes) is 9. The van der Waals surface area contributed by atoms with Crippen molar-refractivity contribution >= 4 is 50.4 Å². The zero-order valence-corrected chi connectivity index (χ0v) is 30.5. The topological polar surface area (TPSA) is 108 Å². The van der Waals surface area contributed by atoms with Gasteiger partial charge in [-0.25, -0.2) is 18.0 Å². The van der Waals surface area contributed by atoms with Gasteiger partial charge in [-0.2, -0.15) is 0 Å². The molecule has 0 spiro atoms. The lowest BCUT2D eigenvalue weighted by Gasteiger charge is -2.15. The lowest BCUT2D eigenvalue weighted by molar-refractivity contribution is -0.128. The molecule has 2 heterocycles. The monoisotopic (exact) mass is 727 g/mol. The van der Waals surface area contributed by atoms with Crippen LogP contribution in [-0.2, 0) is 19.6 Å². The van der Waals surface area contributed by atoms with E-state index >= 15 is 0 Å². The molecule has 4 aromatic rings. The Kier molecular flexibility index (Phi) is 11.5. The van der Waals surface area contributed by atoms with Gasteiger partial charge in [-0.05, 0) is 72.5 Å². The molecule has 1 N–H and O–H groups in total. The Morgan fingerprint density at radius 3 is 1.88 bits per heavy atom. The van der Waals surface area contributed by atoms with Gasteiger partial charge < -0.3 is 14.2 Å². The average molecular weight is 728 g/mol. The smallest absolute Gasteiger partial charge is 0.344 e. The summed E-state index contributed by atoms with van der Waals surface area (Å²) < 4.78 is 47.2. The molecule has 0 aromatic heterocycles. The van der Waals surface area contributed by atoms with E-state index in [0.717, 1.165) is 19.3 Å². The van der Waals surface area contributed by atoms with Crippen molar-refractivity contribution in [3.8, 4) is 17.2 Å². The van der Waals surface area contributed by atoms with Crippen LogP contribution in [0.5, 0.6) is 17.2 Å². The molecule has 0 fully saturated rings. The van der Waals surface area contributed by atoms with Gasteiger partial charge in [0.1, 0.15) is 22.1 Å². The highest BCUT2D eigenvalue weighted by Crippen LogP contribution is 2.32. The summed E-state index contributed by atoms with van der Waals surface area (Å²) in [6.07, 6.45) is 11.9. The number of benzene rings is 4. The summed E-state index contributed by atoms with van der Waals surface area (Å²) in [5, 5.41) is 1.30. The van der Waals surface area contributed by atoms with E-state index < -0.39 is 22.0 Å². The number of halogens is 1. The lowest BCUT2D eigenvalue weighted by Crippen LogP contribution is -2.16. The quantitative estimate of drug-likeness (QED) is 0.0668. The minimum Gasteiger partial charge on any atom is -0.492 e. The zero-order chi connectivity index (χ0) is 36.0. The fourth-order valence-corrected chi connectivity index (χ4v) is 8.05. The number of hydrogen-bond donors (Lipinski definition) is 1. The van der Waals surface area contributed by atoms with Gasteiger partial charge in [-0.1, -0.05) is 113 Å². The van der Waals surface area contributed by atoms with Gasteiger partial charge in [0.15, 0.2) is 0 Å². The molecule has 0 aliphatic carbocycles. The van der Waals surface area contributed by atoms with Crippen molar-refractivity contribution in [2.24, 2.45) is 0 Å². The Hall–Kier alpha value is -4.60. The first kappa shape index (κ1) is 36.2. The normalized spacial score (nSPS) is 13.5. The molecule has 0 atom stereocenters. The SMILES string of the molecule is CCCCCCCCCCCCOc1ccc(Cl)cc1S(=O)(=O)Nc1ccc(C2=c3cc4c(cc3OC2=O)=C(c2ccccc2)C(=O)O4)cc1C. The largest absolute Gasteiger partial charge is 0.492 e. The molecule has 8 nitrogen and oxygen atoms in total. The van der Waals surface area contributed by atoms with Crippen molar-refractivity contribution in [2.45, 2.75) is 83.0 Å². The predicted octanol–water partition coefficient (Wildman–Crippen LogP) is 7.98. The standard InChI is InChI=1S/C41H42ClNO7S/c1-3-4-5-6-7-8-9-10-11-15-22-48-34-21-19-30(42)24-37(34)51(46,47)43-33-20-18-29(23-27(33)2)39-32-26-35-31(25-36(32)50-41(39)45)38(40(44)49-35)28-16-13-12-14-17-28/h12-14,16-21,23-26,43H,3-11,15,22H2,1-2H3. The zero-order valence-electron chi connectivity index (χ0n) is 28.9. The number of sulfonamides is 1. The molecule has 0 saturated heterocycles. The molecule has 0 amide bonds. The van der Waals surface area contributed by atoms with Gasteiger partial charge in [0, 0.05) is 15.5 Å². The number of rotatable bonds is 17. The summed E-state index contributed by atoms with van der Waals surface area (Å²) in [7, 11) is -4.09. The summed E-state index contributed by atoms with van der Waals surface area (Å²) >= 11 is 6.24. The first-order chi connectivity index (χ1) is 24.7. The summed E-state index contributed by atoms with van der Waals surface area (Å²) in [5.74, 6) is -0.153. The van der Waals surface area contributed by atoms with Crippen molar-refractivity contribution in [1.82, 2.24) is 0 Å². The second kappa shape index (κ2) is 16.2. The number of fused-ring (bicyclic) bond motifs is 2. The van der Waals surface area contributed by atoms with Gasteiger partial charge >= 0.3 is 11.9 Å². The van der Waals surface area contributed by atoms with Crippen LogP contribution in [0.1, 0.15) is 87.8 Å². The van der Waals surface area contributed by atoms with Crippen molar-refractivity contribution < 1.29 is 32.2 Å². The first-order valence-corrected chi connectivity index (χ1v) is 19.5. The molecule has 266 valence electrons. The highest BCUT2D eigenvalue weighted by Gasteiger charge is 2.31. The number of carbonyl (C=O) groups is 2. The fourth-order valence-electron chi connectivity index (χ4n) is 6.51. The number of aryl methyl sites for hydroxylation is 1. The number of nitrogens with one attached hydrogen (secondary N) is 1. The fraction of sp³-hybridized carbons (Fsp3) is 0.317. The first-order valence-electron chi connectivity index (χ1n) is 17.6. The van der Waals surface area contributed by atoms with Gasteiger partial charge in [0.2, 0.25) is 0 Å². The van der Waals surface area contributed by atoms with Crippen LogP contribution in [0.2, 0.25) is 5.02 Å². The van der Waals surface area contributed by atoms with Crippen LogP contribution in [0.25, 0.3) is 11.1 Å². The summed E-state index contributed by atoms with van der Waals surface area (Å²) in [5.41, 5.74) is 2.82. The van der Waals surface area contributed by atoms with E-state index in [1.54, 1.807) is 49.4 Å². The second-order valence-electron chi connectivity index (χ2n) is 13.0. The summed E-state index contributed by atoms with van der Waals surface area (Å²) in [6, 6.07) is 22.0. The van der Waals surface area contributed by atoms with Crippen LogP contribution in [0.3, 0.4) is 0 Å². The molecule has 2 aliphatic rings. The molecule has 0 unspecified atom stereocenters. The Morgan fingerprint density at radius 1 is 0.686 bits per heavy atom. The highest BCUT2D eigenvalue weighted by atomic mass is 35.5. The molecule has 4 aromatic carbocycles. The minimum absolute atomic E-state index is 0.0525. The van der Waals surface area contributed by atoms with E-state index in [4.69, 9.17) is 25.8 Å². The number of carbonyl (C=O) groups excluding carboxylic acids is 2. The van der Waals surface area contributed by atoms with E-state index in [-0.39, 0.29) is 21.2 Å². The molecular formula is C41H42ClNO7S. The molecule has 51 heavy (non-hydrogen) atoms. The van der Waals surface area contributed by atoms with Crippen LogP contribution in [0.4, 0.5) is 5.69 Å². The van der Waals surface area contributed by atoms with Gasteiger partial charge in [0.05, 0.1) is 23.4 Å². The van der Waals surface area contributed by atoms with E-state index in [1.165, 1.54) is 51.0 Å². The van der Waals surface area contributed by atoms with Crippen molar-refractivity contribution in [3.63, 3.8) is 0 Å². The number of ether oxygens (including phenoxy) is 3. The van der Waals surface area contributed by atoms with E-state index in [9.17, 15) is 18.0 Å². The van der Waals surface area contributed by atoms with Crippen molar-refractivity contribution in [2.75, 3.05) is 11.3 Å². The maximum Gasteiger partial charge on any atom is 0.344 e. The molecule has 6 rings (SSSR count). The maximum absolute atomic E-state index is 13.7. The average Bonchev–Trinajstić information content (AvgIpc) is 3.61. The Balaban J connectivity index is 1.16. The Morgan fingerprint density at radius 2 is 1.27 bits per heavy atom. The third-order valence-corrected chi connectivity index (χ3v) is 10.8. The van der Waals surface area contributed by atoms with Gasteiger partial charge in [-0.15, -0.1) is 0 Å². The number of anilines is 1. The van der Waals surface area contributed by atoms with Crippen LogP contribution in [0.15, 0.2) is 83.8 Å². The second-order valence-corrected chi connectivity index (χ2v) is 15.1. The molecule has 0 radical (unpaired) electrons. The number of hydrogen-bond acceptors (Lipinski definition) is 7. The van der Waals surface area contributed by atoms with Crippen LogP contribution >= 0.6 is 11.6 Å². The molecule has 10 heteroatoms. The predicted molar refractivity (Wildman–Crippen MR) is 199 cm³/mol. The third kappa shape index (κ3) is 8.32. The van der Waals surface area contributed by atoms with Crippen LogP contribution < -0.4 is 29.4 Å². The van der Waals surface area contributed by atoms with E-state index in [0.29, 0.717) is 56.5 Å². The van der Waals surface area contributed by atoms with Crippen LogP contribution in [0, 0.1) is 6.92 Å². The summed E-state index contributed by atoms with van der Waals surface area (Å²) in [4.78, 5) is 25.9. The van der Waals surface area contributed by atoms with Crippen molar-refractivity contribution in [1.29, 1.82) is 0 Å². The minimum atomic E-state index is -4.09. The Bertz CT molecular complexity index is 2180. The lowest BCUT2D eigenvalue weighted by atomic mass is 10.00. The molecule has 0 saturated carbocycles. The van der Waals surface area contributed by atoms with E-state index in [1.807, 2.05) is 30.3 Å². The Labute approximate surface area is 304 Å². The third-order valence-electron chi connectivity index (χ3n) is 9.21. The van der Waals surface area contributed by atoms with Gasteiger partial charge in [-0.3, -0.25) is 4.72 Å². The maximum atomic E-state index is 13.7.